The summed E-state index contributed by atoms with van der Waals surface area (Å²) in [6.07, 6.45) is 0.872. The Bertz CT molecular complexity index is 668. The number of halogens is 1. The van der Waals surface area contributed by atoms with Crippen LogP contribution in [0.1, 0.15) is 50.3 Å². The maximum absolute atomic E-state index is 15.2. The molecule has 1 aliphatic rings. The predicted molar refractivity (Wildman–Crippen MR) is 84.2 cm³/mol. The van der Waals surface area contributed by atoms with Crippen LogP contribution in [0.4, 0.5) is 4.39 Å². The first-order chi connectivity index (χ1) is 10.3. The molecule has 22 heavy (non-hydrogen) atoms. The van der Waals surface area contributed by atoms with Crippen LogP contribution in [0.25, 0.3) is 5.82 Å². The fourth-order valence-corrected chi connectivity index (χ4v) is 3.06. The van der Waals surface area contributed by atoms with E-state index in [0.29, 0.717) is 24.7 Å². The Morgan fingerprint density at radius 1 is 1.23 bits per heavy atom. The van der Waals surface area contributed by atoms with Gasteiger partial charge in [-0.2, -0.15) is 5.10 Å². The summed E-state index contributed by atoms with van der Waals surface area (Å²) >= 11 is 0. The first-order valence-corrected chi connectivity index (χ1v) is 7.82. The molecule has 120 valence electrons. The van der Waals surface area contributed by atoms with Crippen molar-refractivity contribution < 1.29 is 9.13 Å². The Labute approximate surface area is 130 Å². The van der Waals surface area contributed by atoms with Crippen LogP contribution in [0.2, 0.25) is 0 Å². The highest BCUT2D eigenvalue weighted by atomic mass is 19.1. The third-order valence-electron chi connectivity index (χ3n) is 4.27. The fourth-order valence-electron chi connectivity index (χ4n) is 3.06. The number of ether oxygens (including phenoxy) is 1. The second kappa shape index (κ2) is 5.23. The van der Waals surface area contributed by atoms with Crippen molar-refractivity contribution in [2.45, 2.75) is 52.5 Å². The third-order valence-corrected chi connectivity index (χ3v) is 4.27. The van der Waals surface area contributed by atoms with Crippen molar-refractivity contribution >= 4 is 0 Å². The van der Waals surface area contributed by atoms with Crippen LogP contribution in [0.5, 0.6) is 0 Å². The van der Waals surface area contributed by atoms with Gasteiger partial charge >= 0.3 is 0 Å². The normalized spacial score (nSPS) is 19.1. The molecule has 0 aromatic carbocycles. The largest absolute Gasteiger partial charge is 0.379 e. The maximum atomic E-state index is 15.2. The summed E-state index contributed by atoms with van der Waals surface area (Å²) in [4.78, 5) is 0. The molecule has 0 bridgehead atoms. The zero-order valence-electron chi connectivity index (χ0n) is 14.0. The first kappa shape index (κ1) is 15.3. The number of nitrogens with zero attached hydrogens (tertiary/aromatic N) is 3. The average Bonchev–Trinajstić information content (AvgIpc) is 3.10. The highest BCUT2D eigenvalue weighted by molar-refractivity contribution is 5.37. The van der Waals surface area contributed by atoms with Crippen LogP contribution in [0.15, 0.2) is 12.1 Å². The molecule has 1 atom stereocenters. The molecule has 0 radical (unpaired) electrons. The highest BCUT2D eigenvalue weighted by Crippen LogP contribution is 2.33. The summed E-state index contributed by atoms with van der Waals surface area (Å²) < 4.78 is 24.5. The lowest BCUT2D eigenvalue weighted by Crippen LogP contribution is -2.17. The van der Waals surface area contributed by atoms with E-state index in [-0.39, 0.29) is 17.3 Å². The van der Waals surface area contributed by atoms with Crippen molar-refractivity contribution in [1.29, 1.82) is 0 Å². The van der Waals surface area contributed by atoms with Gasteiger partial charge in [-0.1, -0.05) is 20.8 Å². The van der Waals surface area contributed by atoms with Crippen molar-refractivity contribution in [3.8, 4) is 5.82 Å². The molecule has 0 N–H and O–H groups in total. The molecular weight excluding hydrogens is 281 g/mol. The fraction of sp³-hybridized carbons (Fsp3) is 0.588. The van der Waals surface area contributed by atoms with E-state index in [1.807, 2.05) is 56.0 Å². The number of hydrogen-bond acceptors (Lipinski definition) is 2. The van der Waals surface area contributed by atoms with E-state index < -0.39 is 0 Å². The molecule has 2 aromatic rings. The van der Waals surface area contributed by atoms with Gasteiger partial charge in [-0.05, 0) is 32.4 Å². The van der Waals surface area contributed by atoms with Gasteiger partial charge in [0.1, 0.15) is 5.69 Å². The number of aromatic nitrogens is 3. The lowest BCUT2D eigenvalue weighted by molar-refractivity contribution is 0.184. The molecule has 0 amide bonds. The van der Waals surface area contributed by atoms with Gasteiger partial charge in [0, 0.05) is 23.4 Å². The van der Waals surface area contributed by atoms with Gasteiger partial charge in [-0.25, -0.2) is 9.07 Å². The smallest absolute Gasteiger partial charge is 0.189 e. The van der Waals surface area contributed by atoms with Gasteiger partial charge in [0.15, 0.2) is 11.6 Å². The molecule has 3 rings (SSSR count). The Morgan fingerprint density at radius 3 is 2.36 bits per heavy atom. The lowest BCUT2D eigenvalue weighted by atomic mass is 9.92. The van der Waals surface area contributed by atoms with E-state index in [4.69, 9.17) is 4.74 Å². The molecule has 1 aliphatic heterocycles. The number of hydrogen-bond donors (Lipinski definition) is 0. The van der Waals surface area contributed by atoms with Gasteiger partial charge in [0.2, 0.25) is 0 Å². The molecule has 3 heterocycles. The van der Waals surface area contributed by atoms with Crippen LogP contribution < -0.4 is 0 Å². The number of rotatable bonds is 2. The highest BCUT2D eigenvalue weighted by Gasteiger charge is 2.32. The zero-order valence-corrected chi connectivity index (χ0v) is 14.0. The Kier molecular flexibility index (Phi) is 3.63. The van der Waals surface area contributed by atoms with Crippen LogP contribution in [0.3, 0.4) is 0 Å². The van der Waals surface area contributed by atoms with Crippen LogP contribution in [-0.2, 0) is 10.2 Å². The molecule has 0 aliphatic carbocycles. The van der Waals surface area contributed by atoms with Gasteiger partial charge in [-0.15, -0.1) is 0 Å². The van der Waals surface area contributed by atoms with Crippen LogP contribution >= 0.6 is 0 Å². The molecular formula is C17H24FN3O. The second-order valence-electron chi connectivity index (χ2n) is 7.15. The minimum absolute atomic E-state index is 0.0989. The molecule has 1 saturated heterocycles. The van der Waals surface area contributed by atoms with Crippen molar-refractivity contribution in [2.75, 3.05) is 13.2 Å². The van der Waals surface area contributed by atoms with Gasteiger partial charge in [0.25, 0.3) is 0 Å². The zero-order chi connectivity index (χ0) is 16.1. The summed E-state index contributed by atoms with van der Waals surface area (Å²) in [6, 6.07) is 4.11. The summed E-state index contributed by atoms with van der Waals surface area (Å²) in [6.45, 7) is 11.3. The van der Waals surface area contributed by atoms with E-state index in [2.05, 4.69) is 5.10 Å². The average molecular weight is 305 g/mol. The molecule has 1 fully saturated rings. The van der Waals surface area contributed by atoms with E-state index in [1.165, 1.54) is 0 Å². The summed E-state index contributed by atoms with van der Waals surface area (Å²) in [7, 11) is 0. The predicted octanol–water partition coefficient (Wildman–Crippen LogP) is 3.69. The van der Waals surface area contributed by atoms with Gasteiger partial charge < -0.3 is 9.30 Å². The first-order valence-electron chi connectivity index (χ1n) is 7.82. The van der Waals surface area contributed by atoms with Crippen LogP contribution in [-0.4, -0.2) is 27.6 Å². The number of aryl methyl sites for hydroxylation is 2. The topological polar surface area (TPSA) is 32.0 Å². The SMILES string of the molecule is Cc1ccc(C)n1-c1c(F)c(C(C)(C)C)nn1[C@@H]1CCOC1. The molecule has 0 unspecified atom stereocenters. The van der Waals surface area contributed by atoms with Gasteiger partial charge in [0.05, 0.1) is 12.6 Å². The van der Waals surface area contributed by atoms with E-state index >= 15 is 4.39 Å². The van der Waals surface area contributed by atoms with E-state index in [9.17, 15) is 0 Å². The second-order valence-corrected chi connectivity index (χ2v) is 7.15. The standard InChI is InChI=1S/C17H24FN3O/c1-11-6-7-12(2)20(11)16-14(18)15(17(3,4)5)19-21(16)13-8-9-22-10-13/h6-7,13H,8-10H2,1-5H3/t13-/m1/s1. The third kappa shape index (κ3) is 2.37. The van der Waals surface area contributed by atoms with Gasteiger partial charge in [-0.3, -0.25) is 0 Å². The van der Waals surface area contributed by atoms with E-state index in [1.54, 1.807) is 0 Å². The van der Waals surface area contributed by atoms with Crippen molar-refractivity contribution in [3.05, 3.63) is 35.0 Å². The minimum Gasteiger partial charge on any atom is -0.379 e. The quantitative estimate of drug-likeness (QED) is 0.847. The molecule has 4 nitrogen and oxygen atoms in total. The minimum atomic E-state index is -0.335. The Balaban J connectivity index is 2.24. The van der Waals surface area contributed by atoms with Crippen molar-refractivity contribution in [3.63, 3.8) is 0 Å². The van der Waals surface area contributed by atoms with E-state index in [0.717, 1.165) is 17.8 Å². The summed E-state index contributed by atoms with van der Waals surface area (Å²) in [5, 5.41) is 4.64. The lowest BCUT2D eigenvalue weighted by Gasteiger charge is -2.16. The Hall–Kier alpha value is -1.62. The van der Waals surface area contributed by atoms with Crippen LogP contribution in [0, 0.1) is 19.7 Å². The molecule has 0 saturated carbocycles. The Morgan fingerprint density at radius 2 is 1.86 bits per heavy atom. The molecule has 0 spiro atoms. The molecule has 5 heteroatoms. The summed E-state index contributed by atoms with van der Waals surface area (Å²) in [5.41, 5.74) is 2.20. The van der Waals surface area contributed by atoms with Crippen molar-refractivity contribution in [2.24, 2.45) is 0 Å². The maximum Gasteiger partial charge on any atom is 0.189 e. The van der Waals surface area contributed by atoms with Crippen molar-refractivity contribution in [1.82, 2.24) is 14.3 Å². The molecule has 2 aromatic heterocycles. The summed E-state index contributed by atoms with van der Waals surface area (Å²) in [5.74, 6) is 0.322. The monoisotopic (exact) mass is 305 g/mol.